The number of esters is 1. The van der Waals surface area contributed by atoms with E-state index in [0.29, 0.717) is 23.6 Å². The highest BCUT2D eigenvalue weighted by molar-refractivity contribution is 7.98. The van der Waals surface area contributed by atoms with Gasteiger partial charge in [0.05, 0.1) is 18.1 Å². The highest BCUT2D eigenvalue weighted by Gasteiger charge is 2.29. The number of nitrogens with one attached hydrogen (secondary N) is 3. The Morgan fingerprint density at radius 2 is 1.38 bits per heavy atom. The second-order valence-corrected chi connectivity index (χ2v) is 11.4. The van der Waals surface area contributed by atoms with Gasteiger partial charge in [-0.3, -0.25) is 4.79 Å². The van der Waals surface area contributed by atoms with Crippen molar-refractivity contribution in [2.75, 3.05) is 19.1 Å². The monoisotopic (exact) mass is 573 g/mol. The third-order valence-electron chi connectivity index (χ3n) is 5.62. The number of rotatable bonds is 13. The summed E-state index contributed by atoms with van der Waals surface area (Å²) in [5.74, 6) is -0.238. The Morgan fingerprint density at radius 3 is 1.87 bits per heavy atom. The summed E-state index contributed by atoms with van der Waals surface area (Å²) in [7, 11) is 1.29. The van der Waals surface area contributed by atoms with E-state index in [4.69, 9.17) is 21.7 Å². The number of hydrogen-bond donors (Lipinski definition) is 3. The van der Waals surface area contributed by atoms with Crippen molar-refractivity contribution in [3.63, 3.8) is 0 Å². The summed E-state index contributed by atoms with van der Waals surface area (Å²) >= 11 is 7.30. The minimum absolute atomic E-state index is 0.287. The van der Waals surface area contributed by atoms with Crippen molar-refractivity contribution in [1.82, 2.24) is 16.0 Å². The molecule has 0 unspecified atom stereocenters. The van der Waals surface area contributed by atoms with Crippen LogP contribution in [0.3, 0.4) is 0 Å². The molecule has 0 aliphatic carbocycles. The Balaban J connectivity index is 2.21. The topological polar surface area (TPSA) is 106 Å². The summed E-state index contributed by atoms with van der Waals surface area (Å²) in [5.41, 5.74) is 1.17. The van der Waals surface area contributed by atoms with E-state index < -0.39 is 35.8 Å². The van der Waals surface area contributed by atoms with Crippen molar-refractivity contribution in [1.29, 1.82) is 0 Å². The highest BCUT2D eigenvalue weighted by Crippen LogP contribution is 2.11. The summed E-state index contributed by atoms with van der Waals surface area (Å²) in [6, 6.07) is 16.8. The van der Waals surface area contributed by atoms with Gasteiger partial charge < -0.3 is 25.4 Å². The lowest BCUT2D eigenvalue weighted by Crippen LogP contribution is -2.56. The third kappa shape index (κ3) is 12.1. The normalized spacial score (nSPS) is 13.4. The van der Waals surface area contributed by atoms with Crippen molar-refractivity contribution in [2.45, 2.75) is 63.8 Å². The van der Waals surface area contributed by atoms with E-state index in [0.717, 1.165) is 11.1 Å². The van der Waals surface area contributed by atoms with Gasteiger partial charge in [0.25, 0.3) is 0 Å². The SMILES string of the molecule is COC(=O)[C@H](Cc1ccccc1)NC(=O)[C@H](CCSC)NC(=S)[C@H](Cc1ccccc1)NC(=O)OC(C)(C)C. The van der Waals surface area contributed by atoms with Crippen molar-refractivity contribution >= 4 is 46.9 Å². The van der Waals surface area contributed by atoms with Gasteiger partial charge in [-0.25, -0.2) is 9.59 Å². The van der Waals surface area contributed by atoms with E-state index in [1.165, 1.54) is 7.11 Å². The van der Waals surface area contributed by atoms with Crippen LogP contribution in [0.25, 0.3) is 0 Å². The number of amides is 2. The lowest BCUT2D eigenvalue weighted by atomic mass is 10.0. The first-order valence-corrected chi connectivity index (χ1v) is 14.6. The van der Waals surface area contributed by atoms with Crippen LogP contribution in [0.4, 0.5) is 4.79 Å². The lowest BCUT2D eigenvalue weighted by molar-refractivity contribution is -0.145. The zero-order valence-electron chi connectivity index (χ0n) is 23.2. The van der Waals surface area contributed by atoms with Crippen LogP contribution < -0.4 is 16.0 Å². The van der Waals surface area contributed by atoms with Gasteiger partial charge in [-0.15, -0.1) is 0 Å². The second-order valence-electron chi connectivity index (χ2n) is 10.0. The molecule has 0 aliphatic rings. The highest BCUT2D eigenvalue weighted by atomic mass is 32.2. The van der Waals surface area contributed by atoms with Crippen LogP contribution in [0, 0.1) is 0 Å². The Morgan fingerprint density at radius 1 is 0.846 bits per heavy atom. The van der Waals surface area contributed by atoms with Gasteiger partial charge in [-0.05, 0) is 56.7 Å². The van der Waals surface area contributed by atoms with E-state index in [-0.39, 0.29) is 12.3 Å². The summed E-state index contributed by atoms with van der Waals surface area (Å²) in [4.78, 5) is 38.9. The smallest absolute Gasteiger partial charge is 0.408 e. The first-order valence-electron chi connectivity index (χ1n) is 12.8. The van der Waals surface area contributed by atoms with E-state index in [2.05, 4.69) is 16.0 Å². The molecule has 2 rings (SSSR count). The Labute approximate surface area is 241 Å². The van der Waals surface area contributed by atoms with Crippen LogP contribution in [-0.2, 0) is 31.9 Å². The van der Waals surface area contributed by atoms with Crippen LogP contribution in [0.15, 0.2) is 60.7 Å². The number of hydrogen-bond acceptors (Lipinski definition) is 7. The molecule has 3 N–H and O–H groups in total. The number of carbonyl (C=O) groups is 3. The van der Waals surface area contributed by atoms with E-state index in [9.17, 15) is 14.4 Å². The van der Waals surface area contributed by atoms with Crippen molar-refractivity contribution in [2.24, 2.45) is 0 Å². The number of methoxy groups -OCH3 is 1. The number of alkyl carbamates (subject to hydrolysis) is 1. The maximum Gasteiger partial charge on any atom is 0.408 e. The van der Waals surface area contributed by atoms with Gasteiger partial charge in [-0.1, -0.05) is 72.9 Å². The van der Waals surface area contributed by atoms with Crippen LogP contribution in [-0.4, -0.2) is 65.8 Å². The fourth-order valence-electron chi connectivity index (χ4n) is 3.74. The third-order valence-corrected chi connectivity index (χ3v) is 6.66. The zero-order chi connectivity index (χ0) is 28.8. The maximum atomic E-state index is 13.4. The zero-order valence-corrected chi connectivity index (χ0v) is 24.8. The van der Waals surface area contributed by atoms with Gasteiger partial charge in [-0.2, -0.15) is 11.8 Å². The van der Waals surface area contributed by atoms with Gasteiger partial charge in [0.1, 0.15) is 17.7 Å². The molecule has 10 heteroatoms. The molecule has 0 fully saturated rings. The van der Waals surface area contributed by atoms with E-state index in [1.807, 2.05) is 66.9 Å². The average Bonchev–Trinajstić information content (AvgIpc) is 2.89. The molecule has 0 aromatic heterocycles. The van der Waals surface area contributed by atoms with E-state index >= 15 is 0 Å². The molecule has 0 heterocycles. The van der Waals surface area contributed by atoms with E-state index in [1.54, 1.807) is 32.5 Å². The minimum atomic E-state index is -0.864. The molecule has 0 saturated carbocycles. The molecule has 0 aliphatic heterocycles. The number of ether oxygens (including phenoxy) is 2. The number of benzene rings is 2. The summed E-state index contributed by atoms with van der Waals surface area (Å²) in [6.07, 6.45) is 2.49. The molecule has 2 aromatic rings. The predicted octanol–water partition coefficient (Wildman–Crippen LogP) is 4.06. The molecular weight excluding hydrogens is 534 g/mol. The Kier molecular flexibility index (Phi) is 13.3. The fourth-order valence-corrected chi connectivity index (χ4v) is 4.50. The molecule has 8 nitrogen and oxygen atoms in total. The van der Waals surface area contributed by atoms with Crippen LogP contribution in [0.2, 0.25) is 0 Å². The fraction of sp³-hybridized carbons (Fsp3) is 0.448. The molecular formula is C29H39N3O5S2. The molecule has 0 spiro atoms. The number of thiocarbonyl (C=S) groups is 1. The Bertz CT molecular complexity index is 1080. The molecule has 0 saturated heterocycles. The molecule has 2 aromatic carbocycles. The lowest BCUT2D eigenvalue weighted by Gasteiger charge is -2.28. The van der Waals surface area contributed by atoms with Crippen LogP contribution in [0.1, 0.15) is 38.3 Å². The molecule has 212 valence electrons. The Hall–Kier alpha value is -3.11. The van der Waals surface area contributed by atoms with Gasteiger partial charge in [0.2, 0.25) is 5.91 Å². The molecule has 39 heavy (non-hydrogen) atoms. The van der Waals surface area contributed by atoms with Crippen LogP contribution >= 0.6 is 24.0 Å². The standard InChI is InChI=1S/C29H39N3O5S2/c1-29(2,3)37-28(35)32-23(18-20-12-8-6-9-13-20)26(38)31-22(16-17-39-5)25(33)30-24(27(34)36-4)19-21-14-10-7-11-15-21/h6-15,22-24H,16-19H2,1-5H3,(H,30,33)(H,31,38)(H,32,35)/t22-,23-,24-/m0/s1. The van der Waals surface area contributed by atoms with Gasteiger partial charge >= 0.3 is 12.1 Å². The van der Waals surface area contributed by atoms with Crippen LogP contribution in [0.5, 0.6) is 0 Å². The number of thioether (sulfide) groups is 1. The van der Waals surface area contributed by atoms with Gasteiger partial charge in [0, 0.05) is 6.42 Å². The second kappa shape index (κ2) is 16.1. The summed E-state index contributed by atoms with van der Waals surface area (Å²) in [5, 5.41) is 8.83. The van der Waals surface area contributed by atoms with Gasteiger partial charge in [0.15, 0.2) is 0 Å². The maximum absolute atomic E-state index is 13.4. The largest absolute Gasteiger partial charge is 0.467 e. The quantitative estimate of drug-likeness (QED) is 0.243. The average molecular weight is 574 g/mol. The predicted molar refractivity (Wildman–Crippen MR) is 160 cm³/mol. The molecule has 3 atom stereocenters. The van der Waals surface area contributed by atoms with Crippen molar-refractivity contribution < 1.29 is 23.9 Å². The molecule has 0 radical (unpaired) electrons. The van der Waals surface area contributed by atoms with Crippen molar-refractivity contribution in [3.05, 3.63) is 71.8 Å². The van der Waals surface area contributed by atoms with Crippen molar-refractivity contribution in [3.8, 4) is 0 Å². The minimum Gasteiger partial charge on any atom is -0.467 e. The number of carbonyl (C=O) groups excluding carboxylic acids is 3. The first kappa shape index (κ1) is 32.1. The summed E-state index contributed by atoms with van der Waals surface area (Å²) < 4.78 is 10.4. The summed E-state index contributed by atoms with van der Waals surface area (Å²) in [6.45, 7) is 5.35. The first-order chi connectivity index (χ1) is 18.5. The molecule has 0 bridgehead atoms. The molecule has 2 amide bonds.